The molecule has 9 heteroatoms. The van der Waals surface area contributed by atoms with Crippen molar-refractivity contribution in [1.82, 2.24) is 10.2 Å². The van der Waals surface area contributed by atoms with Crippen molar-refractivity contribution in [1.29, 1.82) is 0 Å². The van der Waals surface area contributed by atoms with Crippen LogP contribution < -0.4 is 14.4 Å². The summed E-state index contributed by atoms with van der Waals surface area (Å²) < 4.78 is 34.2. The molecule has 2 amide bonds. The van der Waals surface area contributed by atoms with Gasteiger partial charge in [0.2, 0.25) is 11.8 Å². The molecule has 1 N–H and O–H groups in total. The zero-order valence-corrected chi connectivity index (χ0v) is 24.6. The second-order valence-electron chi connectivity index (χ2n) is 10.0. The zero-order chi connectivity index (χ0) is 29.3. The van der Waals surface area contributed by atoms with E-state index in [2.05, 4.69) is 5.32 Å². The lowest BCUT2D eigenvalue weighted by Crippen LogP contribution is -2.52. The van der Waals surface area contributed by atoms with Gasteiger partial charge in [-0.15, -0.1) is 0 Å². The first-order valence-corrected chi connectivity index (χ1v) is 14.9. The number of benzene rings is 3. The number of nitrogens with one attached hydrogen (secondary N) is 1. The van der Waals surface area contributed by atoms with E-state index in [9.17, 15) is 18.0 Å². The number of sulfonamides is 1. The first-order chi connectivity index (χ1) is 19.1. The molecule has 0 heterocycles. The minimum absolute atomic E-state index is 0.0535. The number of hydrogen-bond acceptors (Lipinski definition) is 5. The van der Waals surface area contributed by atoms with Crippen LogP contribution in [0.2, 0.25) is 0 Å². The first-order valence-electron chi connectivity index (χ1n) is 13.4. The van der Waals surface area contributed by atoms with Crippen LogP contribution in [0, 0.1) is 12.8 Å². The van der Waals surface area contributed by atoms with Crippen molar-refractivity contribution in [3.63, 3.8) is 0 Å². The molecule has 8 nitrogen and oxygen atoms in total. The number of rotatable bonds is 13. The highest BCUT2D eigenvalue weighted by molar-refractivity contribution is 7.92. The molecule has 0 aliphatic rings. The molecule has 0 saturated carbocycles. The van der Waals surface area contributed by atoms with Gasteiger partial charge in [0.25, 0.3) is 10.0 Å². The van der Waals surface area contributed by atoms with E-state index in [4.69, 9.17) is 4.74 Å². The largest absolute Gasteiger partial charge is 0.497 e. The van der Waals surface area contributed by atoms with Gasteiger partial charge in [-0.3, -0.25) is 13.9 Å². The Balaban J connectivity index is 2.06. The lowest BCUT2D eigenvalue weighted by Gasteiger charge is -2.33. The third-order valence-electron chi connectivity index (χ3n) is 6.62. The minimum Gasteiger partial charge on any atom is -0.497 e. The fourth-order valence-electron chi connectivity index (χ4n) is 4.33. The fraction of sp³-hybridized carbons (Fsp3) is 0.355. The summed E-state index contributed by atoms with van der Waals surface area (Å²) in [6.45, 7) is 7.93. The highest BCUT2D eigenvalue weighted by Crippen LogP contribution is 2.28. The first kappa shape index (κ1) is 30.7. The topological polar surface area (TPSA) is 96.0 Å². The Morgan fingerprint density at radius 3 is 2.25 bits per heavy atom. The van der Waals surface area contributed by atoms with Gasteiger partial charge < -0.3 is 15.0 Å². The van der Waals surface area contributed by atoms with Crippen molar-refractivity contribution in [2.45, 2.75) is 51.6 Å². The number of methoxy groups -OCH3 is 1. The molecule has 0 aromatic heterocycles. The maximum absolute atomic E-state index is 14.1. The van der Waals surface area contributed by atoms with E-state index in [0.717, 1.165) is 15.4 Å². The summed E-state index contributed by atoms with van der Waals surface area (Å²) in [5.41, 5.74) is 2.13. The molecule has 0 fully saturated rings. The molecule has 40 heavy (non-hydrogen) atoms. The highest BCUT2D eigenvalue weighted by atomic mass is 32.2. The molecule has 0 bridgehead atoms. The number of carbonyl (C=O) groups excluding carboxylic acids is 2. The van der Waals surface area contributed by atoms with Crippen molar-refractivity contribution >= 4 is 27.5 Å². The molecule has 214 valence electrons. The predicted molar refractivity (Wildman–Crippen MR) is 158 cm³/mol. The Bertz CT molecular complexity index is 1390. The molecule has 0 unspecified atom stereocenters. The van der Waals surface area contributed by atoms with Crippen LogP contribution in [0.5, 0.6) is 5.75 Å². The van der Waals surface area contributed by atoms with Gasteiger partial charge in [-0.2, -0.15) is 0 Å². The second kappa shape index (κ2) is 14.0. The summed E-state index contributed by atoms with van der Waals surface area (Å²) in [5, 5.41) is 2.94. The maximum atomic E-state index is 14.1. The molecule has 0 saturated heterocycles. The van der Waals surface area contributed by atoms with Gasteiger partial charge >= 0.3 is 0 Å². The molecular weight excluding hydrogens is 526 g/mol. The van der Waals surface area contributed by atoms with Crippen LogP contribution in [0.4, 0.5) is 5.69 Å². The molecule has 0 radical (unpaired) electrons. The Kier molecular flexibility index (Phi) is 10.7. The number of carbonyl (C=O) groups is 2. The van der Waals surface area contributed by atoms with Crippen molar-refractivity contribution < 1.29 is 22.7 Å². The fourth-order valence-corrected chi connectivity index (χ4v) is 5.75. The van der Waals surface area contributed by atoms with E-state index < -0.39 is 28.5 Å². The molecule has 0 aliphatic heterocycles. The Labute approximate surface area is 238 Å². The Hall–Kier alpha value is -3.85. The van der Waals surface area contributed by atoms with Crippen LogP contribution in [0.3, 0.4) is 0 Å². The lowest BCUT2D eigenvalue weighted by atomic mass is 10.1. The molecule has 3 aromatic rings. The molecule has 1 atom stereocenters. The predicted octanol–water partition coefficient (Wildman–Crippen LogP) is 4.78. The van der Waals surface area contributed by atoms with Gasteiger partial charge in [-0.25, -0.2) is 8.42 Å². The van der Waals surface area contributed by atoms with Crippen molar-refractivity contribution in [3.05, 3.63) is 90.0 Å². The van der Waals surface area contributed by atoms with Gasteiger partial charge in [0.05, 0.1) is 17.7 Å². The quantitative estimate of drug-likeness (QED) is 0.322. The van der Waals surface area contributed by atoms with Gasteiger partial charge in [0.15, 0.2) is 0 Å². The summed E-state index contributed by atoms with van der Waals surface area (Å²) in [4.78, 5) is 29.0. The average molecular weight is 566 g/mol. The van der Waals surface area contributed by atoms with E-state index in [0.29, 0.717) is 18.7 Å². The van der Waals surface area contributed by atoms with E-state index in [-0.39, 0.29) is 29.0 Å². The van der Waals surface area contributed by atoms with E-state index in [1.54, 1.807) is 42.5 Å². The summed E-state index contributed by atoms with van der Waals surface area (Å²) in [5.74, 6) is -0.0647. The normalized spacial score (nSPS) is 12.1. The number of anilines is 1. The third kappa shape index (κ3) is 7.63. The summed E-state index contributed by atoms with van der Waals surface area (Å²) >= 11 is 0. The van der Waals surface area contributed by atoms with Crippen LogP contribution in [0.15, 0.2) is 83.8 Å². The monoisotopic (exact) mass is 565 g/mol. The van der Waals surface area contributed by atoms with Gasteiger partial charge in [-0.1, -0.05) is 69.3 Å². The molecule has 0 spiro atoms. The second-order valence-corrected chi connectivity index (χ2v) is 11.9. The van der Waals surface area contributed by atoms with E-state index >= 15 is 0 Å². The summed E-state index contributed by atoms with van der Waals surface area (Å²) in [7, 11) is -2.64. The highest BCUT2D eigenvalue weighted by Gasteiger charge is 2.34. The van der Waals surface area contributed by atoms with Crippen LogP contribution in [-0.2, 0) is 26.2 Å². The van der Waals surface area contributed by atoms with Crippen LogP contribution in [0.25, 0.3) is 0 Å². The third-order valence-corrected chi connectivity index (χ3v) is 8.41. The average Bonchev–Trinajstić information content (AvgIpc) is 2.95. The van der Waals surface area contributed by atoms with E-state index in [1.807, 2.05) is 52.0 Å². The molecular formula is C31H39N3O5S. The van der Waals surface area contributed by atoms with Gasteiger partial charge in [0, 0.05) is 19.2 Å². The number of aryl methyl sites for hydroxylation is 1. The maximum Gasteiger partial charge on any atom is 0.264 e. The smallest absolute Gasteiger partial charge is 0.264 e. The van der Waals surface area contributed by atoms with E-state index in [1.165, 1.54) is 24.1 Å². The molecule has 0 aliphatic carbocycles. The van der Waals surface area contributed by atoms with Gasteiger partial charge in [0.1, 0.15) is 18.3 Å². The lowest BCUT2D eigenvalue weighted by molar-refractivity contribution is -0.140. The van der Waals surface area contributed by atoms with Crippen molar-refractivity contribution in [2.24, 2.45) is 5.92 Å². The number of amides is 2. The van der Waals surface area contributed by atoms with Gasteiger partial charge in [-0.05, 0) is 54.7 Å². The van der Waals surface area contributed by atoms with Crippen LogP contribution >= 0.6 is 0 Å². The molecule has 3 aromatic carbocycles. The number of nitrogens with zero attached hydrogens (tertiary/aromatic N) is 2. The zero-order valence-electron chi connectivity index (χ0n) is 23.8. The summed E-state index contributed by atoms with van der Waals surface area (Å²) in [6.07, 6.45) is 0.367. The molecule has 3 rings (SSSR count). The van der Waals surface area contributed by atoms with Crippen LogP contribution in [0.1, 0.15) is 38.3 Å². The van der Waals surface area contributed by atoms with Crippen molar-refractivity contribution in [2.75, 3.05) is 24.5 Å². The minimum atomic E-state index is -4.13. The van der Waals surface area contributed by atoms with Crippen LogP contribution in [-0.4, -0.2) is 51.4 Å². The number of hydrogen-bond donors (Lipinski definition) is 1. The Morgan fingerprint density at radius 1 is 0.950 bits per heavy atom. The standard InChI is InChI=1S/C31H39N3O5S/c1-6-29(31(36)32-20-23(2)3)33(21-25-14-11-10-13-24(25)4)30(35)22-34(26-15-12-16-27(19-26)39-5)40(37,38)28-17-8-7-9-18-28/h7-19,23,29H,6,20-22H2,1-5H3,(H,32,36)/t29-/m1/s1. The van der Waals surface area contributed by atoms with Crippen molar-refractivity contribution in [3.8, 4) is 5.75 Å². The number of ether oxygens (including phenoxy) is 1. The summed E-state index contributed by atoms with van der Waals surface area (Å²) in [6, 6.07) is 21.4. The SMILES string of the molecule is CC[C@H](C(=O)NCC(C)C)N(Cc1ccccc1C)C(=O)CN(c1cccc(OC)c1)S(=O)(=O)c1ccccc1. The Morgan fingerprint density at radius 2 is 1.62 bits per heavy atom.